The van der Waals surface area contributed by atoms with E-state index in [1.54, 1.807) is 0 Å². The number of fused-ring (bicyclic) bond motifs is 3. The van der Waals surface area contributed by atoms with Crippen LogP contribution in [0.15, 0.2) is 30.5 Å². The van der Waals surface area contributed by atoms with Crippen LogP contribution in [0, 0.1) is 0 Å². The van der Waals surface area contributed by atoms with E-state index < -0.39 is 0 Å². The van der Waals surface area contributed by atoms with Gasteiger partial charge in [0.05, 0.1) is 17.2 Å². The van der Waals surface area contributed by atoms with Crippen LogP contribution in [0.2, 0.25) is 0 Å². The van der Waals surface area contributed by atoms with Crippen LogP contribution in [0.4, 0.5) is 0 Å². The minimum absolute atomic E-state index is 0.418. The number of imidazole rings is 1. The molecule has 1 aliphatic heterocycles. The molecule has 2 aromatic heterocycles. The van der Waals surface area contributed by atoms with Crippen LogP contribution < -0.4 is 5.32 Å². The number of hydrogen-bond acceptors (Lipinski definition) is 3. The van der Waals surface area contributed by atoms with Crippen molar-refractivity contribution in [3.8, 4) is 0 Å². The average molecular weight is 367 g/mol. The molecule has 0 bridgehead atoms. The highest BCUT2D eigenvalue weighted by atomic mass is 15.1. The van der Waals surface area contributed by atoms with Crippen LogP contribution in [-0.2, 0) is 0 Å². The van der Waals surface area contributed by atoms with Gasteiger partial charge in [-0.3, -0.25) is 4.98 Å². The van der Waals surface area contributed by atoms with E-state index >= 15 is 0 Å². The van der Waals surface area contributed by atoms with Gasteiger partial charge in [-0.15, -0.1) is 0 Å². The summed E-state index contributed by atoms with van der Waals surface area (Å²) in [6.45, 7) is 11.1. The van der Waals surface area contributed by atoms with Crippen molar-refractivity contribution in [2.45, 2.75) is 71.8 Å². The number of unbranched alkanes of at least 4 members (excludes halogenated alkanes) is 2. The fraction of sp³-hybridized carbons (Fsp3) is 0.565. The second-order valence-electron chi connectivity index (χ2n) is 7.84. The van der Waals surface area contributed by atoms with Gasteiger partial charge >= 0.3 is 0 Å². The van der Waals surface area contributed by atoms with Crippen LogP contribution in [0.3, 0.4) is 0 Å². The lowest BCUT2D eigenvalue weighted by atomic mass is 10.0. The summed E-state index contributed by atoms with van der Waals surface area (Å²) in [6, 6.07) is 8.94. The van der Waals surface area contributed by atoms with Gasteiger partial charge in [-0.25, -0.2) is 4.98 Å². The zero-order valence-electron chi connectivity index (χ0n) is 17.3. The fourth-order valence-electron chi connectivity index (χ4n) is 3.94. The molecule has 4 nitrogen and oxygen atoms in total. The van der Waals surface area contributed by atoms with Crippen LogP contribution >= 0.6 is 0 Å². The van der Waals surface area contributed by atoms with E-state index in [2.05, 4.69) is 66.8 Å². The number of benzene rings is 1. The molecule has 0 atom stereocenters. The third-order valence-electron chi connectivity index (χ3n) is 5.35. The maximum atomic E-state index is 4.92. The zero-order chi connectivity index (χ0) is 19.2. The van der Waals surface area contributed by atoms with E-state index in [-0.39, 0.29) is 0 Å². The molecule has 1 saturated heterocycles. The number of nitrogens with zero attached hydrogens (tertiary/aromatic N) is 3. The smallest absolute Gasteiger partial charge is 0.112 e. The third kappa shape index (κ3) is 4.32. The first kappa shape index (κ1) is 19.8. The molecule has 0 unspecified atom stereocenters. The summed E-state index contributed by atoms with van der Waals surface area (Å²) in [7, 11) is 0. The molecule has 1 aliphatic rings. The highest BCUT2D eigenvalue weighted by molar-refractivity contribution is 6.02. The van der Waals surface area contributed by atoms with Gasteiger partial charge in [-0.05, 0) is 32.0 Å². The van der Waals surface area contributed by atoms with Gasteiger partial charge in [0.15, 0.2) is 0 Å². The first-order valence-corrected chi connectivity index (χ1v) is 10.6. The highest BCUT2D eigenvalue weighted by Gasteiger charge is 2.23. The molecule has 4 heteroatoms. The van der Waals surface area contributed by atoms with Crippen molar-refractivity contribution in [3.05, 3.63) is 36.3 Å². The Kier molecular flexibility index (Phi) is 6.84. The first-order chi connectivity index (χ1) is 13.2. The lowest BCUT2D eigenvalue weighted by molar-refractivity contribution is 0.364. The number of aromatic nitrogens is 3. The van der Waals surface area contributed by atoms with Crippen molar-refractivity contribution in [2.24, 2.45) is 0 Å². The Balaban J connectivity index is 0.000000376. The topological polar surface area (TPSA) is 42.7 Å². The molecule has 3 heterocycles. The quantitative estimate of drug-likeness (QED) is 0.632. The summed E-state index contributed by atoms with van der Waals surface area (Å²) in [6.07, 6.45) is 8.35. The highest BCUT2D eigenvalue weighted by Crippen LogP contribution is 2.33. The van der Waals surface area contributed by atoms with Crippen LogP contribution in [0.5, 0.6) is 0 Å². The second-order valence-corrected chi connectivity index (χ2v) is 7.84. The second kappa shape index (κ2) is 9.32. The number of pyridine rings is 1. The molecule has 0 saturated carbocycles. The van der Waals surface area contributed by atoms with E-state index in [1.807, 2.05) is 6.20 Å². The Labute approximate surface area is 163 Å². The van der Waals surface area contributed by atoms with Gasteiger partial charge in [0.2, 0.25) is 0 Å². The molecule has 27 heavy (non-hydrogen) atoms. The van der Waals surface area contributed by atoms with Crippen molar-refractivity contribution >= 4 is 21.9 Å². The summed E-state index contributed by atoms with van der Waals surface area (Å²) >= 11 is 0. The van der Waals surface area contributed by atoms with Crippen molar-refractivity contribution in [1.82, 2.24) is 19.9 Å². The molecule has 1 aromatic carbocycles. The average Bonchev–Trinajstić information content (AvgIpc) is 3.10. The lowest BCUT2D eigenvalue weighted by Gasteiger charge is -2.27. The number of nitrogens with one attached hydrogen (secondary N) is 1. The minimum atomic E-state index is 0.418. The fourth-order valence-corrected chi connectivity index (χ4v) is 3.94. The third-order valence-corrected chi connectivity index (χ3v) is 5.35. The van der Waals surface area contributed by atoms with Crippen LogP contribution in [0.25, 0.3) is 21.9 Å². The van der Waals surface area contributed by atoms with Gasteiger partial charge in [0, 0.05) is 17.3 Å². The Morgan fingerprint density at radius 2 is 1.78 bits per heavy atom. The van der Waals surface area contributed by atoms with Crippen molar-refractivity contribution in [3.63, 3.8) is 0 Å². The van der Waals surface area contributed by atoms with Gasteiger partial charge in [0.25, 0.3) is 0 Å². The van der Waals surface area contributed by atoms with E-state index in [1.165, 1.54) is 48.8 Å². The molecule has 0 amide bonds. The molecule has 1 fully saturated rings. The molecule has 0 spiro atoms. The minimum Gasteiger partial charge on any atom is -0.324 e. The Morgan fingerprint density at radius 1 is 1.07 bits per heavy atom. The van der Waals surface area contributed by atoms with E-state index in [0.29, 0.717) is 12.0 Å². The largest absolute Gasteiger partial charge is 0.324 e. The Bertz CT molecular complexity index is 857. The molecule has 3 aromatic rings. The number of rotatable bonds is 4. The zero-order valence-corrected chi connectivity index (χ0v) is 17.3. The van der Waals surface area contributed by atoms with E-state index in [4.69, 9.17) is 4.98 Å². The monoisotopic (exact) mass is 366 g/mol. The van der Waals surface area contributed by atoms with Crippen molar-refractivity contribution in [1.29, 1.82) is 0 Å². The number of para-hydroxylation sites is 1. The number of hydrogen-bond donors (Lipinski definition) is 1. The Hall–Kier alpha value is -1.94. The summed E-state index contributed by atoms with van der Waals surface area (Å²) in [4.78, 5) is 9.50. The summed E-state index contributed by atoms with van der Waals surface area (Å²) < 4.78 is 2.50. The summed E-state index contributed by atoms with van der Waals surface area (Å²) in [5.74, 6) is 1.61. The van der Waals surface area contributed by atoms with E-state index in [9.17, 15) is 0 Å². The maximum absolute atomic E-state index is 4.92. The molecule has 1 N–H and O–H groups in total. The van der Waals surface area contributed by atoms with Gasteiger partial charge < -0.3 is 9.88 Å². The maximum Gasteiger partial charge on any atom is 0.112 e. The predicted octanol–water partition coefficient (Wildman–Crippen LogP) is 5.83. The summed E-state index contributed by atoms with van der Waals surface area (Å²) in [5, 5.41) is 4.68. The molecule has 146 valence electrons. The van der Waals surface area contributed by atoms with Crippen LogP contribution in [0.1, 0.15) is 77.6 Å². The SMILES string of the molecule is CC(C)c1nc2cnc3ccccc3c2n1C1CCNCC1.CCCCC. The Morgan fingerprint density at radius 3 is 2.41 bits per heavy atom. The first-order valence-electron chi connectivity index (χ1n) is 10.6. The molecular weight excluding hydrogens is 332 g/mol. The van der Waals surface area contributed by atoms with Crippen LogP contribution in [-0.4, -0.2) is 27.6 Å². The molecule has 0 radical (unpaired) electrons. The normalized spacial score (nSPS) is 15.3. The summed E-state index contributed by atoms with van der Waals surface area (Å²) in [5.41, 5.74) is 3.35. The van der Waals surface area contributed by atoms with Gasteiger partial charge in [-0.1, -0.05) is 65.2 Å². The molecular formula is C23H34N4. The van der Waals surface area contributed by atoms with Gasteiger partial charge in [-0.2, -0.15) is 0 Å². The predicted molar refractivity (Wildman–Crippen MR) is 115 cm³/mol. The number of piperidine rings is 1. The van der Waals surface area contributed by atoms with Crippen molar-refractivity contribution in [2.75, 3.05) is 13.1 Å². The van der Waals surface area contributed by atoms with E-state index in [0.717, 1.165) is 24.1 Å². The standard InChI is InChI=1S/C18H22N4.C5H12/c1-12(2)18-21-16-11-20-15-6-4-3-5-14(15)17(16)22(18)13-7-9-19-10-8-13;1-3-5-4-2/h3-6,11-13,19H,7-10H2,1-2H3;3-5H2,1-2H3. The lowest BCUT2D eigenvalue weighted by Crippen LogP contribution is -2.30. The molecule has 4 rings (SSSR count). The molecule has 0 aliphatic carbocycles. The van der Waals surface area contributed by atoms with Gasteiger partial charge in [0.1, 0.15) is 11.3 Å². The van der Waals surface area contributed by atoms with Crippen molar-refractivity contribution < 1.29 is 0 Å².